The first-order chi connectivity index (χ1) is 18.0. The van der Waals surface area contributed by atoms with Crippen LogP contribution in [0.25, 0.3) is 0 Å². The summed E-state index contributed by atoms with van der Waals surface area (Å²) in [4.78, 5) is 38.8. The molecule has 0 aromatic heterocycles. The van der Waals surface area contributed by atoms with Crippen molar-refractivity contribution in [1.29, 1.82) is 0 Å². The van der Waals surface area contributed by atoms with Gasteiger partial charge in [0.25, 0.3) is 5.91 Å². The lowest BCUT2D eigenvalue weighted by Crippen LogP contribution is -2.45. The van der Waals surface area contributed by atoms with Crippen LogP contribution in [0.15, 0.2) is 77.7 Å². The Kier molecular flexibility index (Phi) is 7.75. The number of hydrogen-bond donors (Lipinski definition) is 1. The molecule has 3 amide bonds. The van der Waals surface area contributed by atoms with E-state index in [2.05, 4.69) is 5.32 Å². The Morgan fingerprint density at radius 1 is 1.00 bits per heavy atom. The lowest BCUT2D eigenvalue weighted by Gasteiger charge is -2.27. The van der Waals surface area contributed by atoms with Crippen LogP contribution in [-0.2, 0) is 31.0 Å². The van der Waals surface area contributed by atoms with Gasteiger partial charge in [-0.25, -0.2) is 17.7 Å². The molecule has 10 heteroatoms. The molecule has 1 fully saturated rings. The van der Waals surface area contributed by atoms with Gasteiger partial charge in [-0.3, -0.25) is 14.4 Å². The minimum Gasteiger partial charge on any atom is -0.326 e. The molecule has 3 aromatic rings. The SMILES string of the molecule is CC(=O)Nc1ccc(S(=O)(=O)N(Cc2ccc(F)cc2)C2CC(=O)N(c3ccc(C(C)C)cc3)C2=O)cc1. The maximum absolute atomic E-state index is 13.8. The molecule has 0 aliphatic carbocycles. The van der Waals surface area contributed by atoms with Crippen molar-refractivity contribution in [2.45, 2.75) is 50.6 Å². The third kappa shape index (κ3) is 5.66. The summed E-state index contributed by atoms with van der Waals surface area (Å²) in [6.07, 6.45) is -0.338. The molecule has 0 saturated carbocycles. The highest BCUT2D eigenvalue weighted by atomic mass is 32.2. The zero-order chi connectivity index (χ0) is 27.6. The Labute approximate surface area is 221 Å². The number of amides is 3. The van der Waals surface area contributed by atoms with Crippen molar-refractivity contribution in [2.75, 3.05) is 10.2 Å². The highest BCUT2D eigenvalue weighted by Crippen LogP contribution is 2.32. The van der Waals surface area contributed by atoms with E-state index >= 15 is 0 Å². The Balaban J connectivity index is 1.71. The zero-order valence-electron chi connectivity index (χ0n) is 21.2. The normalized spacial score (nSPS) is 15.9. The fraction of sp³-hybridized carbons (Fsp3) is 0.250. The summed E-state index contributed by atoms with van der Waals surface area (Å²) in [6, 6.07) is 16.5. The number of nitrogens with zero attached hydrogens (tertiary/aromatic N) is 2. The van der Waals surface area contributed by atoms with Crippen molar-refractivity contribution in [3.8, 4) is 0 Å². The van der Waals surface area contributed by atoms with Gasteiger partial charge in [0.1, 0.15) is 11.9 Å². The van der Waals surface area contributed by atoms with Crippen molar-refractivity contribution in [1.82, 2.24) is 4.31 Å². The van der Waals surface area contributed by atoms with E-state index in [9.17, 15) is 27.2 Å². The van der Waals surface area contributed by atoms with Crippen LogP contribution in [0.5, 0.6) is 0 Å². The molecule has 1 aliphatic heterocycles. The van der Waals surface area contributed by atoms with E-state index in [0.717, 1.165) is 14.8 Å². The number of imide groups is 1. The van der Waals surface area contributed by atoms with Gasteiger partial charge in [0.15, 0.2) is 0 Å². The van der Waals surface area contributed by atoms with Gasteiger partial charge in [-0.15, -0.1) is 0 Å². The quantitative estimate of drug-likeness (QED) is 0.428. The summed E-state index contributed by atoms with van der Waals surface area (Å²) in [5.74, 6) is -1.71. The topological polar surface area (TPSA) is 104 Å². The van der Waals surface area contributed by atoms with Gasteiger partial charge in [0.05, 0.1) is 17.0 Å². The maximum atomic E-state index is 13.8. The summed E-state index contributed by atoms with van der Waals surface area (Å²) in [5, 5.41) is 2.57. The number of rotatable bonds is 8. The monoisotopic (exact) mass is 537 g/mol. The van der Waals surface area contributed by atoms with Gasteiger partial charge in [0.2, 0.25) is 21.8 Å². The smallest absolute Gasteiger partial charge is 0.252 e. The van der Waals surface area contributed by atoms with Gasteiger partial charge in [-0.05, 0) is 65.6 Å². The number of hydrogen-bond acceptors (Lipinski definition) is 5. The average molecular weight is 538 g/mol. The summed E-state index contributed by atoms with van der Waals surface area (Å²) >= 11 is 0. The van der Waals surface area contributed by atoms with E-state index in [4.69, 9.17) is 0 Å². The molecular formula is C28H28FN3O5S. The van der Waals surface area contributed by atoms with Crippen molar-refractivity contribution in [2.24, 2.45) is 0 Å². The van der Waals surface area contributed by atoms with Crippen molar-refractivity contribution in [3.63, 3.8) is 0 Å². The van der Waals surface area contributed by atoms with E-state index in [1.807, 2.05) is 26.0 Å². The molecule has 0 bridgehead atoms. The lowest BCUT2D eigenvalue weighted by atomic mass is 10.0. The van der Waals surface area contributed by atoms with Crippen LogP contribution in [0.4, 0.5) is 15.8 Å². The minimum atomic E-state index is -4.29. The van der Waals surface area contributed by atoms with E-state index in [0.29, 0.717) is 16.9 Å². The number of carbonyl (C=O) groups is 3. The molecule has 3 aromatic carbocycles. The third-order valence-corrected chi connectivity index (χ3v) is 8.19. The van der Waals surface area contributed by atoms with Crippen LogP contribution in [0.1, 0.15) is 44.2 Å². The summed E-state index contributed by atoms with van der Waals surface area (Å²) < 4.78 is 42.1. The number of halogens is 1. The highest BCUT2D eigenvalue weighted by molar-refractivity contribution is 7.89. The van der Waals surface area contributed by atoms with Crippen molar-refractivity contribution >= 4 is 39.1 Å². The van der Waals surface area contributed by atoms with Crippen molar-refractivity contribution in [3.05, 3.63) is 89.7 Å². The van der Waals surface area contributed by atoms with E-state index < -0.39 is 33.7 Å². The predicted molar refractivity (Wildman–Crippen MR) is 141 cm³/mol. The highest BCUT2D eigenvalue weighted by Gasteiger charge is 2.47. The molecule has 1 unspecified atom stereocenters. The fourth-order valence-electron chi connectivity index (χ4n) is 4.30. The standard InChI is InChI=1S/C28H28FN3O5S/c1-18(2)21-6-12-24(13-7-21)32-27(34)16-26(28(32)35)31(17-20-4-8-22(29)9-5-20)38(36,37)25-14-10-23(11-15-25)30-19(3)33/h4-15,18,26H,16-17H2,1-3H3,(H,30,33). The molecule has 1 aliphatic rings. The second-order valence-corrected chi connectivity index (χ2v) is 11.3. The first kappa shape index (κ1) is 27.2. The molecule has 0 radical (unpaired) electrons. The molecule has 1 N–H and O–H groups in total. The maximum Gasteiger partial charge on any atom is 0.252 e. The number of benzene rings is 3. The molecule has 0 spiro atoms. The molecular weight excluding hydrogens is 509 g/mol. The van der Waals surface area contributed by atoms with Crippen LogP contribution < -0.4 is 10.2 Å². The Morgan fingerprint density at radius 2 is 1.61 bits per heavy atom. The van der Waals surface area contributed by atoms with Crippen LogP contribution in [0, 0.1) is 5.82 Å². The average Bonchev–Trinajstić information content (AvgIpc) is 3.16. The number of sulfonamides is 1. The number of nitrogens with one attached hydrogen (secondary N) is 1. The Bertz CT molecular complexity index is 1450. The van der Waals surface area contributed by atoms with Gasteiger partial charge >= 0.3 is 0 Å². The first-order valence-electron chi connectivity index (χ1n) is 12.1. The van der Waals surface area contributed by atoms with Crippen LogP contribution >= 0.6 is 0 Å². The van der Waals surface area contributed by atoms with E-state index in [1.165, 1.54) is 55.5 Å². The summed E-state index contributed by atoms with van der Waals surface area (Å²) in [5.41, 5.74) is 2.26. The van der Waals surface area contributed by atoms with Gasteiger partial charge in [-0.2, -0.15) is 4.31 Å². The van der Waals surface area contributed by atoms with E-state index in [-0.39, 0.29) is 29.7 Å². The largest absolute Gasteiger partial charge is 0.326 e. The summed E-state index contributed by atoms with van der Waals surface area (Å²) in [7, 11) is -4.29. The van der Waals surface area contributed by atoms with Gasteiger partial charge in [0, 0.05) is 19.2 Å². The van der Waals surface area contributed by atoms with Crippen LogP contribution in [-0.4, -0.2) is 36.5 Å². The molecule has 1 heterocycles. The zero-order valence-corrected chi connectivity index (χ0v) is 22.0. The van der Waals surface area contributed by atoms with Gasteiger partial charge in [-0.1, -0.05) is 38.1 Å². The molecule has 1 saturated heterocycles. The number of anilines is 2. The number of carbonyl (C=O) groups excluding carboxylic acids is 3. The van der Waals surface area contributed by atoms with Crippen LogP contribution in [0.2, 0.25) is 0 Å². The molecule has 198 valence electrons. The lowest BCUT2D eigenvalue weighted by molar-refractivity contribution is -0.122. The summed E-state index contributed by atoms with van der Waals surface area (Å²) in [6.45, 7) is 5.13. The van der Waals surface area contributed by atoms with Crippen LogP contribution in [0.3, 0.4) is 0 Å². The molecule has 8 nitrogen and oxygen atoms in total. The molecule has 38 heavy (non-hydrogen) atoms. The second-order valence-electron chi connectivity index (χ2n) is 9.42. The molecule has 4 rings (SSSR count). The van der Waals surface area contributed by atoms with Crippen molar-refractivity contribution < 1.29 is 27.2 Å². The molecule has 1 atom stereocenters. The first-order valence-corrected chi connectivity index (χ1v) is 13.5. The second kappa shape index (κ2) is 10.8. The Morgan fingerprint density at radius 3 is 2.16 bits per heavy atom. The third-order valence-electron chi connectivity index (χ3n) is 6.32. The van der Waals surface area contributed by atoms with Gasteiger partial charge < -0.3 is 5.32 Å². The van der Waals surface area contributed by atoms with E-state index in [1.54, 1.807) is 12.1 Å². The predicted octanol–water partition coefficient (Wildman–Crippen LogP) is 4.43. The minimum absolute atomic E-state index is 0.117. The Hall–Kier alpha value is -3.89. The fourth-order valence-corrected chi connectivity index (χ4v) is 5.87.